The lowest BCUT2D eigenvalue weighted by Crippen LogP contribution is -2.37. The highest BCUT2D eigenvalue weighted by atomic mass is 35.5. The van der Waals surface area contributed by atoms with Gasteiger partial charge in [0.05, 0.1) is 0 Å². The molecule has 4 nitrogen and oxygen atoms in total. The van der Waals surface area contributed by atoms with Crippen molar-refractivity contribution in [1.82, 2.24) is 5.32 Å². The Morgan fingerprint density at radius 2 is 2.31 bits per heavy atom. The van der Waals surface area contributed by atoms with Gasteiger partial charge in [-0.15, -0.1) is 0 Å². The number of primary amides is 1. The monoisotopic (exact) mass is 246 g/mol. The molecule has 0 aliphatic rings. The van der Waals surface area contributed by atoms with Crippen molar-refractivity contribution in [3.8, 4) is 0 Å². The molecule has 1 aromatic carbocycles. The van der Waals surface area contributed by atoms with Crippen LogP contribution in [0.2, 0.25) is 5.02 Å². The molecule has 0 bridgehead atoms. The van der Waals surface area contributed by atoms with Crippen molar-refractivity contribution in [3.05, 3.63) is 34.6 Å². The summed E-state index contributed by atoms with van der Waals surface area (Å²) in [5.74, 6) is -1.20. The summed E-state index contributed by atoms with van der Waals surface area (Å²) < 4.78 is 12.7. The lowest BCUT2D eigenvalue weighted by Gasteiger charge is -2.09. The minimum absolute atomic E-state index is 0.0308. The Morgan fingerprint density at radius 3 is 2.88 bits per heavy atom. The minimum Gasteiger partial charge on any atom is -0.382 e. The second-order valence-corrected chi connectivity index (χ2v) is 3.69. The average Bonchev–Trinajstić information content (AvgIpc) is 2.20. The summed E-state index contributed by atoms with van der Waals surface area (Å²) in [6.07, 6.45) is -1.24. The van der Waals surface area contributed by atoms with Gasteiger partial charge in [-0.3, -0.25) is 4.79 Å². The van der Waals surface area contributed by atoms with E-state index in [-0.39, 0.29) is 6.54 Å². The van der Waals surface area contributed by atoms with Gasteiger partial charge in [0.25, 0.3) is 0 Å². The summed E-state index contributed by atoms with van der Waals surface area (Å²) in [4.78, 5) is 10.5. The number of halogens is 2. The number of aliphatic hydroxyl groups excluding tert-OH is 1. The molecule has 0 aliphatic carbocycles. The largest absolute Gasteiger partial charge is 0.382 e. The molecule has 88 valence electrons. The van der Waals surface area contributed by atoms with Crippen LogP contribution in [-0.2, 0) is 11.3 Å². The molecule has 1 unspecified atom stereocenters. The SMILES string of the molecule is NC(=O)C(O)CNCc1ccc(F)cc1Cl. The zero-order valence-corrected chi connectivity index (χ0v) is 9.17. The van der Waals surface area contributed by atoms with Crippen LogP contribution < -0.4 is 11.1 Å². The van der Waals surface area contributed by atoms with Crippen LogP contribution in [0.4, 0.5) is 4.39 Å². The first-order valence-electron chi connectivity index (χ1n) is 4.62. The molecule has 0 fully saturated rings. The molecular formula is C10H12ClFN2O2. The summed E-state index contributed by atoms with van der Waals surface area (Å²) in [6, 6.07) is 4.01. The van der Waals surface area contributed by atoms with Crippen molar-refractivity contribution in [1.29, 1.82) is 0 Å². The van der Waals surface area contributed by atoms with Crippen LogP contribution in [0.5, 0.6) is 0 Å². The molecule has 1 aromatic rings. The van der Waals surface area contributed by atoms with Gasteiger partial charge in [-0.05, 0) is 17.7 Å². The number of carbonyl (C=O) groups is 1. The van der Waals surface area contributed by atoms with E-state index >= 15 is 0 Å². The normalized spacial score (nSPS) is 12.4. The van der Waals surface area contributed by atoms with Crippen LogP contribution in [0.1, 0.15) is 5.56 Å². The van der Waals surface area contributed by atoms with E-state index in [0.717, 1.165) is 0 Å². The molecule has 16 heavy (non-hydrogen) atoms. The van der Waals surface area contributed by atoms with E-state index < -0.39 is 17.8 Å². The third-order valence-electron chi connectivity index (χ3n) is 2.00. The molecule has 0 saturated carbocycles. The van der Waals surface area contributed by atoms with E-state index in [1.54, 1.807) is 0 Å². The molecule has 0 aliphatic heterocycles. The molecule has 1 rings (SSSR count). The standard InChI is InChI=1S/C10H12ClFN2O2/c11-8-3-7(12)2-1-6(8)4-14-5-9(15)10(13)16/h1-3,9,14-15H,4-5H2,(H2,13,16). The number of aliphatic hydroxyl groups is 1. The van der Waals surface area contributed by atoms with Crippen LogP contribution >= 0.6 is 11.6 Å². The Balaban J connectivity index is 2.46. The molecule has 1 atom stereocenters. The fraction of sp³-hybridized carbons (Fsp3) is 0.300. The molecule has 4 N–H and O–H groups in total. The Labute approximate surface area is 97.2 Å². The third-order valence-corrected chi connectivity index (χ3v) is 2.35. The van der Waals surface area contributed by atoms with Gasteiger partial charge in [-0.2, -0.15) is 0 Å². The molecule has 0 heterocycles. The Hall–Kier alpha value is -1.17. The lowest BCUT2D eigenvalue weighted by atomic mass is 10.2. The Bertz CT molecular complexity index is 387. The van der Waals surface area contributed by atoms with Gasteiger partial charge in [0.1, 0.15) is 11.9 Å². The third kappa shape index (κ3) is 3.77. The van der Waals surface area contributed by atoms with E-state index in [1.165, 1.54) is 18.2 Å². The van der Waals surface area contributed by atoms with E-state index in [9.17, 15) is 9.18 Å². The molecule has 0 radical (unpaired) electrons. The maximum absolute atomic E-state index is 12.7. The highest BCUT2D eigenvalue weighted by Gasteiger charge is 2.10. The number of carbonyl (C=O) groups excluding carboxylic acids is 1. The van der Waals surface area contributed by atoms with E-state index in [0.29, 0.717) is 17.1 Å². The number of rotatable bonds is 5. The van der Waals surface area contributed by atoms with Gasteiger partial charge >= 0.3 is 0 Å². The Kier molecular flexibility index (Phi) is 4.67. The van der Waals surface area contributed by atoms with Gasteiger partial charge in [0.15, 0.2) is 0 Å². The van der Waals surface area contributed by atoms with Crippen LogP contribution in [0, 0.1) is 5.82 Å². The first-order valence-corrected chi connectivity index (χ1v) is 5.00. The van der Waals surface area contributed by atoms with Gasteiger partial charge < -0.3 is 16.2 Å². The zero-order chi connectivity index (χ0) is 12.1. The van der Waals surface area contributed by atoms with Gasteiger partial charge in [-0.1, -0.05) is 17.7 Å². The van der Waals surface area contributed by atoms with Gasteiger partial charge in [0.2, 0.25) is 5.91 Å². The van der Waals surface area contributed by atoms with Crippen molar-refractivity contribution in [2.75, 3.05) is 6.54 Å². The average molecular weight is 247 g/mol. The minimum atomic E-state index is -1.24. The van der Waals surface area contributed by atoms with E-state index in [2.05, 4.69) is 5.32 Å². The van der Waals surface area contributed by atoms with Crippen molar-refractivity contribution < 1.29 is 14.3 Å². The van der Waals surface area contributed by atoms with Crippen molar-refractivity contribution in [2.45, 2.75) is 12.6 Å². The van der Waals surface area contributed by atoms with Crippen LogP contribution in [0.3, 0.4) is 0 Å². The highest BCUT2D eigenvalue weighted by Crippen LogP contribution is 2.16. The first-order chi connectivity index (χ1) is 7.50. The highest BCUT2D eigenvalue weighted by molar-refractivity contribution is 6.31. The zero-order valence-electron chi connectivity index (χ0n) is 8.41. The first kappa shape index (κ1) is 12.9. The molecule has 0 saturated heterocycles. The number of amides is 1. The number of nitrogens with two attached hydrogens (primary N) is 1. The summed E-state index contributed by atoms with van der Waals surface area (Å²) in [7, 11) is 0. The second kappa shape index (κ2) is 5.79. The number of hydrogen-bond donors (Lipinski definition) is 3. The molecule has 1 amide bonds. The lowest BCUT2D eigenvalue weighted by molar-refractivity contribution is -0.125. The molecule has 0 spiro atoms. The summed E-state index contributed by atoms with van der Waals surface area (Å²) in [6.45, 7) is 0.354. The smallest absolute Gasteiger partial charge is 0.247 e. The van der Waals surface area contributed by atoms with E-state index in [1.807, 2.05) is 0 Å². The Morgan fingerprint density at radius 1 is 1.62 bits per heavy atom. The molecule has 0 aromatic heterocycles. The van der Waals surface area contributed by atoms with Crippen molar-refractivity contribution in [3.63, 3.8) is 0 Å². The van der Waals surface area contributed by atoms with E-state index in [4.69, 9.17) is 22.4 Å². The predicted molar refractivity (Wildman–Crippen MR) is 58.3 cm³/mol. The molecule has 6 heteroatoms. The van der Waals surface area contributed by atoms with Gasteiger partial charge in [-0.25, -0.2) is 4.39 Å². The maximum atomic E-state index is 12.7. The summed E-state index contributed by atoms with van der Waals surface area (Å²) in [5.41, 5.74) is 5.54. The number of hydrogen-bond acceptors (Lipinski definition) is 3. The maximum Gasteiger partial charge on any atom is 0.247 e. The quantitative estimate of drug-likeness (QED) is 0.705. The van der Waals surface area contributed by atoms with Crippen LogP contribution in [0.15, 0.2) is 18.2 Å². The number of nitrogens with one attached hydrogen (secondary N) is 1. The second-order valence-electron chi connectivity index (χ2n) is 3.28. The fourth-order valence-electron chi connectivity index (χ4n) is 1.11. The van der Waals surface area contributed by atoms with Crippen LogP contribution in [-0.4, -0.2) is 23.7 Å². The van der Waals surface area contributed by atoms with Crippen molar-refractivity contribution in [2.24, 2.45) is 5.73 Å². The summed E-state index contributed by atoms with van der Waals surface area (Å²) >= 11 is 5.77. The number of benzene rings is 1. The van der Waals surface area contributed by atoms with Crippen LogP contribution in [0.25, 0.3) is 0 Å². The predicted octanol–water partition coefficient (Wildman–Crippen LogP) is 0.415. The topological polar surface area (TPSA) is 75.4 Å². The fourth-order valence-corrected chi connectivity index (χ4v) is 1.34. The van der Waals surface area contributed by atoms with Gasteiger partial charge in [0, 0.05) is 18.1 Å². The summed E-state index contributed by atoms with van der Waals surface area (Å²) in [5, 5.41) is 12.2. The molecular weight excluding hydrogens is 235 g/mol. The van der Waals surface area contributed by atoms with Crippen molar-refractivity contribution >= 4 is 17.5 Å².